The second-order valence-corrected chi connectivity index (χ2v) is 5.85. The molecule has 1 saturated heterocycles. The Labute approximate surface area is 166 Å². The molecule has 2 N–H and O–H groups in total. The van der Waals surface area contributed by atoms with Gasteiger partial charge in [0, 0.05) is 44.8 Å². The summed E-state index contributed by atoms with van der Waals surface area (Å²) in [6, 6.07) is 6.73. The third-order valence-corrected chi connectivity index (χ3v) is 4.16. The van der Waals surface area contributed by atoms with Crippen molar-refractivity contribution in [1.82, 2.24) is 15.5 Å². The van der Waals surface area contributed by atoms with Gasteiger partial charge in [-0.15, -0.1) is 30.6 Å². The van der Waals surface area contributed by atoms with Crippen LogP contribution in [0.3, 0.4) is 0 Å². The number of halogens is 2. The van der Waals surface area contributed by atoms with E-state index in [1.165, 1.54) is 12.1 Å². The second-order valence-electron chi connectivity index (χ2n) is 5.85. The Bertz CT molecular complexity index is 633. The summed E-state index contributed by atoms with van der Waals surface area (Å²) in [4.78, 5) is 6.57. The van der Waals surface area contributed by atoms with Crippen LogP contribution >= 0.6 is 24.0 Å². The van der Waals surface area contributed by atoms with Crippen LogP contribution < -0.4 is 10.6 Å². The number of nitrogens with zero attached hydrogens (tertiary/aromatic N) is 3. The molecule has 0 amide bonds. The van der Waals surface area contributed by atoms with Crippen LogP contribution in [0, 0.1) is 17.1 Å². The van der Waals surface area contributed by atoms with Crippen molar-refractivity contribution in [3.05, 3.63) is 47.8 Å². The van der Waals surface area contributed by atoms with E-state index >= 15 is 0 Å². The van der Waals surface area contributed by atoms with Gasteiger partial charge in [-0.05, 0) is 31.0 Å². The highest BCUT2D eigenvalue weighted by Crippen LogP contribution is 2.11. The summed E-state index contributed by atoms with van der Waals surface area (Å²) in [7, 11) is 1.70. The fourth-order valence-corrected chi connectivity index (χ4v) is 2.79. The molecule has 5 nitrogen and oxygen atoms in total. The maximum atomic E-state index is 13.8. The zero-order chi connectivity index (χ0) is 17.4. The molecule has 0 aromatic heterocycles. The van der Waals surface area contributed by atoms with Gasteiger partial charge in [0.05, 0.1) is 11.6 Å². The number of benzene rings is 1. The molecular weight excluding hydrogens is 432 g/mol. The maximum absolute atomic E-state index is 13.8. The van der Waals surface area contributed by atoms with E-state index in [0.717, 1.165) is 32.5 Å². The van der Waals surface area contributed by atoms with Crippen molar-refractivity contribution in [2.45, 2.75) is 25.4 Å². The Morgan fingerprint density at radius 3 is 2.80 bits per heavy atom. The van der Waals surface area contributed by atoms with Crippen molar-refractivity contribution in [3.8, 4) is 6.07 Å². The van der Waals surface area contributed by atoms with Crippen molar-refractivity contribution in [3.63, 3.8) is 0 Å². The molecule has 0 aliphatic carbocycles. The molecule has 0 saturated carbocycles. The van der Waals surface area contributed by atoms with Crippen LogP contribution in [0.2, 0.25) is 0 Å². The number of piperidine rings is 1. The molecule has 1 fully saturated rings. The van der Waals surface area contributed by atoms with E-state index in [-0.39, 0.29) is 36.3 Å². The molecule has 25 heavy (non-hydrogen) atoms. The van der Waals surface area contributed by atoms with Crippen LogP contribution in [-0.2, 0) is 6.54 Å². The molecule has 7 heteroatoms. The average Bonchev–Trinajstić information content (AvgIpc) is 2.61. The largest absolute Gasteiger partial charge is 0.354 e. The number of hydrogen-bond donors (Lipinski definition) is 2. The first-order valence-corrected chi connectivity index (χ1v) is 8.15. The molecule has 0 atom stereocenters. The normalized spacial score (nSPS) is 15.8. The molecular formula is C18H25FIN5. The van der Waals surface area contributed by atoms with E-state index in [1.54, 1.807) is 13.1 Å². The summed E-state index contributed by atoms with van der Waals surface area (Å²) >= 11 is 0. The van der Waals surface area contributed by atoms with Crippen molar-refractivity contribution < 1.29 is 4.39 Å². The first kappa shape index (κ1) is 21.4. The predicted molar refractivity (Wildman–Crippen MR) is 110 cm³/mol. The molecule has 1 aliphatic rings. The number of nitriles is 1. The van der Waals surface area contributed by atoms with E-state index in [4.69, 9.17) is 5.26 Å². The van der Waals surface area contributed by atoms with Gasteiger partial charge in [0.1, 0.15) is 5.82 Å². The minimum atomic E-state index is -0.324. The van der Waals surface area contributed by atoms with Crippen LogP contribution in [0.15, 0.2) is 35.8 Å². The minimum absolute atomic E-state index is 0. The highest BCUT2D eigenvalue weighted by Gasteiger charge is 2.19. The molecule has 0 unspecified atom stereocenters. The number of nitrogens with one attached hydrogen (secondary N) is 2. The van der Waals surface area contributed by atoms with Gasteiger partial charge in [-0.3, -0.25) is 9.89 Å². The van der Waals surface area contributed by atoms with Gasteiger partial charge in [-0.1, -0.05) is 6.08 Å². The lowest BCUT2D eigenvalue weighted by atomic mass is 10.1. The molecule has 2 rings (SSSR count). The lowest BCUT2D eigenvalue weighted by Crippen LogP contribution is -2.48. The molecule has 0 bridgehead atoms. The predicted octanol–water partition coefficient (Wildman–Crippen LogP) is 2.63. The van der Waals surface area contributed by atoms with Crippen LogP contribution in [0.5, 0.6) is 0 Å². The first-order chi connectivity index (χ1) is 11.7. The van der Waals surface area contributed by atoms with Crippen LogP contribution in [0.4, 0.5) is 4.39 Å². The zero-order valence-electron chi connectivity index (χ0n) is 14.5. The summed E-state index contributed by atoms with van der Waals surface area (Å²) < 4.78 is 13.8. The topological polar surface area (TPSA) is 63.4 Å². The number of hydrogen-bond acceptors (Lipinski definition) is 3. The third kappa shape index (κ3) is 6.63. The summed E-state index contributed by atoms with van der Waals surface area (Å²) in [5, 5.41) is 15.4. The van der Waals surface area contributed by atoms with Gasteiger partial charge >= 0.3 is 0 Å². The van der Waals surface area contributed by atoms with E-state index in [0.29, 0.717) is 23.1 Å². The average molecular weight is 457 g/mol. The summed E-state index contributed by atoms with van der Waals surface area (Å²) in [6.07, 6.45) is 4.00. The minimum Gasteiger partial charge on any atom is -0.354 e. The van der Waals surface area contributed by atoms with Crippen molar-refractivity contribution in [2.75, 3.05) is 26.7 Å². The number of likely N-dealkylation sites (tertiary alicyclic amines) is 1. The van der Waals surface area contributed by atoms with Gasteiger partial charge < -0.3 is 10.6 Å². The van der Waals surface area contributed by atoms with Crippen molar-refractivity contribution in [2.24, 2.45) is 4.99 Å². The highest BCUT2D eigenvalue weighted by molar-refractivity contribution is 14.0. The number of guanidine groups is 1. The Balaban J connectivity index is 0.00000312. The summed E-state index contributed by atoms with van der Waals surface area (Å²) in [5.41, 5.74) is 0.906. The lowest BCUT2D eigenvalue weighted by Gasteiger charge is -2.32. The van der Waals surface area contributed by atoms with E-state index in [1.807, 2.05) is 12.1 Å². The van der Waals surface area contributed by atoms with E-state index in [9.17, 15) is 4.39 Å². The summed E-state index contributed by atoms with van der Waals surface area (Å²) in [5.74, 6) is 0.327. The number of rotatable bonds is 5. The molecule has 0 spiro atoms. The second kappa shape index (κ2) is 11.1. The molecule has 1 aromatic carbocycles. The Morgan fingerprint density at radius 1 is 1.48 bits per heavy atom. The molecule has 1 aliphatic heterocycles. The Morgan fingerprint density at radius 2 is 2.20 bits per heavy atom. The van der Waals surface area contributed by atoms with Gasteiger partial charge in [-0.25, -0.2) is 4.39 Å². The van der Waals surface area contributed by atoms with E-state index in [2.05, 4.69) is 27.1 Å². The monoisotopic (exact) mass is 457 g/mol. The Kier molecular flexibility index (Phi) is 9.45. The SMILES string of the molecule is C=CCN1CCC(NC(=NC)NCc2cc(C#N)ccc2F)CC1.I. The van der Waals surface area contributed by atoms with Crippen LogP contribution in [0.1, 0.15) is 24.0 Å². The van der Waals surface area contributed by atoms with Crippen LogP contribution in [-0.4, -0.2) is 43.6 Å². The zero-order valence-corrected chi connectivity index (χ0v) is 16.8. The standard InChI is InChI=1S/C18H24FN5.HI/c1-3-8-24-9-6-16(7-10-24)23-18(21-2)22-13-15-11-14(12-20)4-5-17(15)19;/h3-5,11,16H,1,6-10,13H2,2H3,(H2,21,22,23);1H. The smallest absolute Gasteiger partial charge is 0.191 e. The number of aliphatic imine (C=N–C) groups is 1. The molecule has 136 valence electrons. The van der Waals surface area contributed by atoms with Crippen LogP contribution in [0.25, 0.3) is 0 Å². The van der Waals surface area contributed by atoms with E-state index < -0.39 is 0 Å². The summed E-state index contributed by atoms with van der Waals surface area (Å²) in [6.45, 7) is 7.04. The van der Waals surface area contributed by atoms with Crippen molar-refractivity contribution >= 4 is 29.9 Å². The molecule has 1 aromatic rings. The fraction of sp³-hybridized carbons (Fsp3) is 0.444. The quantitative estimate of drug-likeness (QED) is 0.309. The van der Waals surface area contributed by atoms with Gasteiger partial charge in [-0.2, -0.15) is 5.26 Å². The van der Waals surface area contributed by atoms with Crippen molar-refractivity contribution in [1.29, 1.82) is 5.26 Å². The maximum Gasteiger partial charge on any atom is 0.191 e. The van der Waals surface area contributed by atoms with Gasteiger partial charge in [0.25, 0.3) is 0 Å². The third-order valence-electron chi connectivity index (χ3n) is 4.16. The fourth-order valence-electron chi connectivity index (χ4n) is 2.79. The lowest BCUT2D eigenvalue weighted by molar-refractivity contribution is 0.225. The van der Waals surface area contributed by atoms with Gasteiger partial charge in [0.15, 0.2) is 5.96 Å². The van der Waals surface area contributed by atoms with Gasteiger partial charge in [0.2, 0.25) is 0 Å². The first-order valence-electron chi connectivity index (χ1n) is 8.15. The molecule has 0 radical (unpaired) electrons. The molecule has 1 heterocycles. The Hall–Kier alpha value is -1.66. The highest BCUT2D eigenvalue weighted by atomic mass is 127.